The van der Waals surface area contributed by atoms with E-state index in [9.17, 15) is 0 Å². The van der Waals surface area contributed by atoms with E-state index < -0.39 is 0 Å². The fraction of sp³-hybridized carbons (Fsp3) is 0. The quantitative estimate of drug-likeness (QED) is 0.535. The molecule has 0 aromatic carbocycles. The van der Waals surface area contributed by atoms with E-state index in [0.717, 1.165) is 0 Å². The summed E-state index contributed by atoms with van der Waals surface area (Å²) in [5.41, 5.74) is 0. The Balaban J connectivity index is 0. The normalized spacial score (nSPS) is 0. The average molecular weight is 306 g/mol. The monoisotopic (exact) mass is 305 g/mol. The first-order chi connectivity index (χ1) is 0. The van der Waals surface area contributed by atoms with Gasteiger partial charge < -0.3 is 0 Å². The van der Waals surface area contributed by atoms with Gasteiger partial charge >= 0.3 is 0 Å². The van der Waals surface area contributed by atoms with Crippen LogP contribution in [-0.4, -0.2) is 17.4 Å². The summed E-state index contributed by atoms with van der Waals surface area (Å²) in [5.74, 6) is 0. The van der Waals surface area contributed by atoms with Gasteiger partial charge in [-0.25, -0.2) is 0 Å². The molecule has 0 saturated carbocycles. The summed E-state index contributed by atoms with van der Waals surface area (Å²) >= 11 is 0. The molecule has 0 rings (SSSR count). The minimum absolute atomic E-state index is 0. The SMILES string of the molecule is [Al].[Ce].[Ti].[Zr]. The van der Waals surface area contributed by atoms with Gasteiger partial charge in [-0.3, -0.25) is 0 Å². The van der Waals surface area contributed by atoms with Crippen LogP contribution < -0.4 is 0 Å². The zero-order chi connectivity index (χ0) is 0. The van der Waals surface area contributed by atoms with Crippen molar-refractivity contribution in [2.75, 3.05) is 0 Å². The zero-order valence-electron chi connectivity index (χ0n) is 2.08. The standard InChI is InChI=1S/Al.Ce.Ti.Zr. The predicted octanol–water partition coefficient (Wildman–Crippen LogP) is -0.386. The largest absolute Gasteiger partial charge is 0 e. The van der Waals surface area contributed by atoms with E-state index in [1.54, 1.807) is 0 Å². The molecule has 0 aliphatic carbocycles. The first-order valence-corrected chi connectivity index (χ1v) is 0. The fourth-order valence-electron chi connectivity index (χ4n) is 0. The van der Waals surface area contributed by atoms with Crippen molar-refractivity contribution >= 4 is 17.4 Å². The van der Waals surface area contributed by atoms with Crippen LogP contribution in [0.4, 0.5) is 0 Å². The van der Waals surface area contributed by atoms with Crippen molar-refractivity contribution in [1.82, 2.24) is 0 Å². The molecule has 0 aromatic heterocycles. The third-order valence-corrected chi connectivity index (χ3v) is 0. The van der Waals surface area contributed by atoms with Gasteiger partial charge in [-0.05, 0) is 0 Å². The Labute approximate surface area is 104 Å². The molecule has 0 bridgehead atoms. The van der Waals surface area contributed by atoms with Gasteiger partial charge in [-0.2, -0.15) is 0 Å². The Morgan fingerprint density at radius 3 is 1.00 bits per heavy atom. The molecular formula is AlCeTiZr. The summed E-state index contributed by atoms with van der Waals surface area (Å²) in [7, 11) is 0. The van der Waals surface area contributed by atoms with Gasteiger partial charge in [0.2, 0.25) is 0 Å². The van der Waals surface area contributed by atoms with Crippen LogP contribution in [0.5, 0.6) is 0 Å². The molecule has 15 valence electrons. The molecule has 0 aliphatic heterocycles. The smallest absolute Gasteiger partial charge is 0 e. The third kappa shape index (κ3) is 9.10. The molecule has 0 aliphatic rings. The molecule has 3 radical (unpaired) electrons. The first-order valence-electron chi connectivity index (χ1n) is 0. The Morgan fingerprint density at radius 1 is 1.00 bits per heavy atom. The molecule has 4 heavy (non-hydrogen) atoms. The van der Waals surface area contributed by atoms with Gasteiger partial charge in [0.25, 0.3) is 0 Å². The predicted molar refractivity (Wildman–Crippen MR) is 5.75 cm³/mol. The molecule has 4 heteroatoms. The molecule has 0 atom stereocenters. The third-order valence-electron chi connectivity index (χ3n) is 0. The molecule has 0 aromatic rings. The zero-order valence-corrected chi connectivity index (χ0v) is 10.4. The second kappa shape index (κ2) is 16.0. The molecular weight excluding hydrogens is 306 g/mol. The Bertz CT molecular complexity index is 8.00. The summed E-state index contributed by atoms with van der Waals surface area (Å²) in [6.07, 6.45) is 0. The molecule has 0 unspecified atom stereocenters. The van der Waals surface area contributed by atoms with Crippen molar-refractivity contribution in [3.05, 3.63) is 0 Å². The minimum Gasteiger partial charge on any atom is 0 e. The Morgan fingerprint density at radius 2 is 1.00 bits per heavy atom. The van der Waals surface area contributed by atoms with E-state index >= 15 is 0 Å². The van der Waals surface area contributed by atoms with Gasteiger partial charge in [-0.1, -0.05) is 0 Å². The second-order valence-electron chi connectivity index (χ2n) is 0. The molecule has 0 saturated heterocycles. The van der Waals surface area contributed by atoms with Gasteiger partial charge in [-0.15, -0.1) is 0 Å². The Hall–Kier alpha value is 3.51. The number of hydrogen-bond acceptors (Lipinski definition) is 0. The minimum atomic E-state index is 0. The molecule has 0 spiro atoms. The van der Waals surface area contributed by atoms with Gasteiger partial charge in [0, 0.05) is 107 Å². The topological polar surface area (TPSA) is 0 Å². The van der Waals surface area contributed by atoms with Gasteiger partial charge in [0.05, 0.1) is 0 Å². The summed E-state index contributed by atoms with van der Waals surface area (Å²) in [6.45, 7) is 0. The van der Waals surface area contributed by atoms with Crippen molar-refractivity contribution < 1.29 is 89.7 Å². The van der Waals surface area contributed by atoms with Crippen LogP contribution in [0.15, 0.2) is 0 Å². The summed E-state index contributed by atoms with van der Waals surface area (Å²) in [4.78, 5) is 0. The molecule has 0 fully saturated rings. The van der Waals surface area contributed by atoms with E-state index in [1.807, 2.05) is 0 Å². The van der Waals surface area contributed by atoms with E-state index in [4.69, 9.17) is 0 Å². The summed E-state index contributed by atoms with van der Waals surface area (Å²) in [5, 5.41) is 0. The van der Waals surface area contributed by atoms with Crippen molar-refractivity contribution in [1.29, 1.82) is 0 Å². The van der Waals surface area contributed by atoms with Crippen molar-refractivity contribution in [3.63, 3.8) is 0 Å². The maximum atomic E-state index is 0. The average Bonchev–Trinajstić information content (AvgIpc) is 0. The van der Waals surface area contributed by atoms with Crippen LogP contribution in [0.25, 0.3) is 0 Å². The van der Waals surface area contributed by atoms with Gasteiger partial charge in [0.15, 0.2) is 0 Å². The van der Waals surface area contributed by atoms with E-state index in [1.165, 1.54) is 0 Å². The van der Waals surface area contributed by atoms with Crippen LogP contribution >= 0.6 is 0 Å². The van der Waals surface area contributed by atoms with E-state index in [0.29, 0.717) is 0 Å². The number of rotatable bonds is 0. The maximum Gasteiger partial charge on any atom is 0 e. The van der Waals surface area contributed by atoms with Crippen LogP contribution in [0.2, 0.25) is 0 Å². The summed E-state index contributed by atoms with van der Waals surface area (Å²) in [6, 6.07) is 0. The molecule has 0 heterocycles. The maximum absolute atomic E-state index is 0. The fourth-order valence-corrected chi connectivity index (χ4v) is 0. The summed E-state index contributed by atoms with van der Waals surface area (Å²) < 4.78 is 0. The number of hydrogen-bond donors (Lipinski definition) is 0. The van der Waals surface area contributed by atoms with Crippen LogP contribution in [0, 0.1) is 41.7 Å². The van der Waals surface area contributed by atoms with Crippen molar-refractivity contribution in [3.8, 4) is 0 Å². The van der Waals surface area contributed by atoms with E-state index in [-0.39, 0.29) is 107 Å². The van der Waals surface area contributed by atoms with Crippen molar-refractivity contribution in [2.24, 2.45) is 0 Å². The van der Waals surface area contributed by atoms with Crippen LogP contribution in [0.1, 0.15) is 0 Å². The first kappa shape index (κ1) is 25.8. The Kier molecular flexibility index (Phi) is 104. The van der Waals surface area contributed by atoms with Crippen LogP contribution in [0.3, 0.4) is 0 Å². The van der Waals surface area contributed by atoms with Crippen molar-refractivity contribution in [2.45, 2.75) is 0 Å². The van der Waals surface area contributed by atoms with Crippen LogP contribution in [-0.2, 0) is 47.9 Å². The second-order valence-corrected chi connectivity index (χ2v) is 0. The molecule has 0 nitrogen and oxygen atoms in total. The van der Waals surface area contributed by atoms with Gasteiger partial charge in [0.1, 0.15) is 0 Å². The van der Waals surface area contributed by atoms with E-state index in [2.05, 4.69) is 0 Å². The molecule has 0 N–H and O–H groups in total. The molecule has 0 amide bonds.